The number of hydrogen-bond acceptors (Lipinski definition) is 6. The van der Waals surface area contributed by atoms with Crippen LogP contribution in [0, 0.1) is 18.3 Å². The number of ether oxygens (including phenoxy) is 1. The largest absolute Gasteiger partial charge is 0.452 e. The van der Waals surface area contributed by atoms with Crippen LogP contribution >= 0.6 is 0 Å². The Balaban J connectivity index is 1.86. The number of carbonyl (C=O) groups excluding carboxylic acids is 2. The van der Waals surface area contributed by atoms with E-state index in [0.717, 1.165) is 5.56 Å². The van der Waals surface area contributed by atoms with Gasteiger partial charge in [-0.3, -0.25) is 9.59 Å². The van der Waals surface area contributed by atoms with Crippen LogP contribution in [-0.4, -0.2) is 32.9 Å². The molecule has 28 heavy (non-hydrogen) atoms. The molecule has 0 spiro atoms. The minimum atomic E-state index is -3.86. The second kappa shape index (κ2) is 9.12. The van der Waals surface area contributed by atoms with Gasteiger partial charge in [-0.05, 0) is 50.2 Å². The maximum absolute atomic E-state index is 12.1. The van der Waals surface area contributed by atoms with Crippen molar-refractivity contribution in [1.82, 2.24) is 4.72 Å². The summed E-state index contributed by atoms with van der Waals surface area (Å²) in [5.41, 5.74) is 1.78. The predicted molar refractivity (Wildman–Crippen MR) is 102 cm³/mol. The minimum absolute atomic E-state index is 0.0255. The quantitative estimate of drug-likeness (QED) is 0.681. The van der Waals surface area contributed by atoms with Gasteiger partial charge in [0.05, 0.1) is 16.5 Å². The lowest BCUT2D eigenvalue weighted by molar-refractivity contribution is -0.151. The third-order valence-corrected chi connectivity index (χ3v) is 5.11. The number of sulfonamides is 1. The lowest BCUT2D eigenvalue weighted by atomic mass is 10.2. The van der Waals surface area contributed by atoms with Crippen LogP contribution in [0.15, 0.2) is 53.4 Å². The highest BCUT2D eigenvalue weighted by Gasteiger charge is 2.20. The van der Waals surface area contributed by atoms with Crippen molar-refractivity contribution in [2.24, 2.45) is 0 Å². The van der Waals surface area contributed by atoms with Gasteiger partial charge in [0.15, 0.2) is 6.10 Å². The summed E-state index contributed by atoms with van der Waals surface area (Å²) in [6.07, 6.45) is -1.13. The SMILES string of the molecule is Cc1ccc(S(=O)(=O)NCC(=O)O[C@@H](C)C(=O)Nc2ccc(C#N)cc2)cc1. The van der Waals surface area contributed by atoms with E-state index in [4.69, 9.17) is 10.00 Å². The zero-order valence-corrected chi connectivity index (χ0v) is 16.1. The second-order valence-corrected chi connectivity index (χ2v) is 7.72. The molecule has 8 nitrogen and oxygen atoms in total. The highest BCUT2D eigenvalue weighted by molar-refractivity contribution is 7.89. The molecule has 2 rings (SSSR count). The highest BCUT2D eigenvalue weighted by atomic mass is 32.2. The van der Waals surface area contributed by atoms with Crippen molar-refractivity contribution < 1.29 is 22.7 Å². The normalized spacial score (nSPS) is 11.9. The molecule has 0 aliphatic heterocycles. The molecule has 0 unspecified atom stereocenters. The van der Waals surface area contributed by atoms with Crippen molar-refractivity contribution in [1.29, 1.82) is 5.26 Å². The first-order chi connectivity index (χ1) is 13.2. The molecule has 2 N–H and O–H groups in total. The molecule has 1 amide bonds. The molecule has 0 aliphatic carbocycles. The van der Waals surface area contributed by atoms with Crippen LogP contribution in [0.4, 0.5) is 5.69 Å². The summed E-state index contributed by atoms with van der Waals surface area (Å²) in [4.78, 5) is 24.0. The third-order valence-electron chi connectivity index (χ3n) is 3.70. The summed E-state index contributed by atoms with van der Waals surface area (Å²) < 4.78 is 31.4. The Morgan fingerprint density at radius 2 is 1.71 bits per heavy atom. The summed E-state index contributed by atoms with van der Waals surface area (Å²) >= 11 is 0. The van der Waals surface area contributed by atoms with Crippen molar-refractivity contribution in [2.45, 2.75) is 24.8 Å². The molecule has 0 fully saturated rings. The third kappa shape index (κ3) is 5.90. The smallest absolute Gasteiger partial charge is 0.321 e. The molecule has 0 heterocycles. The van der Waals surface area contributed by atoms with Crippen LogP contribution in [0.3, 0.4) is 0 Å². The molecule has 0 bridgehead atoms. The van der Waals surface area contributed by atoms with E-state index >= 15 is 0 Å². The molecular weight excluding hydrogens is 382 g/mol. The molecule has 0 saturated carbocycles. The van der Waals surface area contributed by atoms with Gasteiger partial charge in [0.2, 0.25) is 10.0 Å². The Bertz CT molecular complexity index is 993. The number of amides is 1. The fourth-order valence-corrected chi connectivity index (χ4v) is 3.09. The number of aryl methyl sites for hydroxylation is 1. The van der Waals surface area contributed by atoms with Gasteiger partial charge in [0.25, 0.3) is 5.91 Å². The molecule has 2 aromatic rings. The topological polar surface area (TPSA) is 125 Å². The molecule has 0 aliphatic rings. The average Bonchev–Trinajstić information content (AvgIpc) is 2.67. The minimum Gasteiger partial charge on any atom is -0.452 e. The first-order valence-electron chi connectivity index (χ1n) is 8.28. The van der Waals surface area contributed by atoms with Gasteiger partial charge in [-0.1, -0.05) is 17.7 Å². The van der Waals surface area contributed by atoms with Crippen molar-refractivity contribution >= 4 is 27.6 Å². The fourth-order valence-electron chi connectivity index (χ4n) is 2.12. The number of benzene rings is 2. The van der Waals surface area contributed by atoms with E-state index < -0.39 is 34.5 Å². The molecule has 1 atom stereocenters. The van der Waals surface area contributed by atoms with Gasteiger partial charge < -0.3 is 10.1 Å². The lowest BCUT2D eigenvalue weighted by Crippen LogP contribution is -2.35. The van der Waals surface area contributed by atoms with E-state index in [1.807, 2.05) is 13.0 Å². The number of nitriles is 1. The molecular formula is C19H19N3O5S. The van der Waals surface area contributed by atoms with Crippen LogP contribution in [0.25, 0.3) is 0 Å². The zero-order chi connectivity index (χ0) is 20.7. The van der Waals surface area contributed by atoms with E-state index in [0.29, 0.717) is 11.3 Å². The Hall–Kier alpha value is -3.22. The molecule has 9 heteroatoms. The molecule has 0 aromatic heterocycles. The Labute approximate surface area is 163 Å². The average molecular weight is 401 g/mol. The summed E-state index contributed by atoms with van der Waals surface area (Å²) in [5, 5.41) is 11.3. The molecule has 0 saturated heterocycles. The van der Waals surface area contributed by atoms with E-state index in [2.05, 4.69) is 10.0 Å². The predicted octanol–water partition coefficient (Wildman–Crippen LogP) is 1.72. The Morgan fingerprint density at radius 3 is 2.29 bits per heavy atom. The van der Waals surface area contributed by atoms with E-state index in [-0.39, 0.29) is 4.90 Å². The zero-order valence-electron chi connectivity index (χ0n) is 15.3. The van der Waals surface area contributed by atoms with E-state index in [9.17, 15) is 18.0 Å². The lowest BCUT2D eigenvalue weighted by Gasteiger charge is -2.14. The van der Waals surface area contributed by atoms with Crippen LogP contribution in [-0.2, 0) is 24.3 Å². The van der Waals surface area contributed by atoms with Gasteiger partial charge in [-0.2, -0.15) is 9.98 Å². The van der Waals surface area contributed by atoms with E-state index in [1.54, 1.807) is 24.3 Å². The van der Waals surface area contributed by atoms with Gasteiger partial charge >= 0.3 is 5.97 Å². The number of nitrogens with zero attached hydrogens (tertiary/aromatic N) is 1. The first kappa shape index (κ1) is 21.1. The van der Waals surface area contributed by atoms with Crippen LogP contribution in [0.5, 0.6) is 0 Å². The fraction of sp³-hybridized carbons (Fsp3) is 0.211. The molecule has 0 radical (unpaired) electrons. The van der Waals surface area contributed by atoms with Crippen LogP contribution in [0.1, 0.15) is 18.1 Å². The van der Waals surface area contributed by atoms with Crippen LogP contribution in [0.2, 0.25) is 0 Å². The summed E-state index contributed by atoms with van der Waals surface area (Å²) in [7, 11) is -3.86. The molecule has 2 aromatic carbocycles. The maximum atomic E-state index is 12.1. The van der Waals surface area contributed by atoms with E-state index in [1.165, 1.54) is 31.2 Å². The van der Waals surface area contributed by atoms with Crippen molar-refractivity contribution in [3.8, 4) is 6.07 Å². The maximum Gasteiger partial charge on any atom is 0.321 e. The number of esters is 1. The first-order valence-corrected chi connectivity index (χ1v) is 9.76. The summed E-state index contributed by atoms with van der Waals surface area (Å²) in [5.74, 6) is -1.47. The standard InChI is InChI=1S/C19H19N3O5S/c1-13-3-9-17(10-4-13)28(25,26)21-12-18(23)27-14(2)19(24)22-16-7-5-15(11-20)6-8-16/h3-10,14,21H,12H2,1-2H3,(H,22,24)/t14-/m0/s1. The van der Waals surface area contributed by atoms with Crippen molar-refractivity contribution in [3.05, 3.63) is 59.7 Å². The monoisotopic (exact) mass is 401 g/mol. The number of anilines is 1. The highest BCUT2D eigenvalue weighted by Crippen LogP contribution is 2.11. The Kier molecular flexibility index (Phi) is 6.87. The second-order valence-electron chi connectivity index (χ2n) is 5.95. The van der Waals surface area contributed by atoms with Gasteiger partial charge in [-0.15, -0.1) is 0 Å². The summed E-state index contributed by atoms with van der Waals surface area (Å²) in [6.45, 7) is 2.58. The Morgan fingerprint density at radius 1 is 1.11 bits per heavy atom. The summed E-state index contributed by atoms with van der Waals surface area (Å²) in [6, 6.07) is 14.2. The number of nitrogens with one attached hydrogen (secondary N) is 2. The number of carbonyl (C=O) groups is 2. The van der Waals surface area contributed by atoms with Gasteiger partial charge in [0.1, 0.15) is 6.54 Å². The van der Waals surface area contributed by atoms with Gasteiger partial charge in [0, 0.05) is 5.69 Å². The number of rotatable bonds is 7. The van der Waals surface area contributed by atoms with Gasteiger partial charge in [-0.25, -0.2) is 8.42 Å². The van der Waals surface area contributed by atoms with Crippen molar-refractivity contribution in [3.63, 3.8) is 0 Å². The molecule has 146 valence electrons. The number of hydrogen-bond donors (Lipinski definition) is 2. The van der Waals surface area contributed by atoms with Crippen molar-refractivity contribution in [2.75, 3.05) is 11.9 Å². The van der Waals surface area contributed by atoms with Crippen LogP contribution < -0.4 is 10.0 Å².